The van der Waals surface area contributed by atoms with Gasteiger partial charge in [-0.2, -0.15) is 15.1 Å². The van der Waals surface area contributed by atoms with Gasteiger partial charge >= 0.3 is 0 Å². The Morgan fingerprint density at radius 2 is 2.00 bits per heavy atom. The highest BCUT2D eigenvalue weighted by Gasteiger charge is 2.25. The maximum Gasteiger partial charge on any atom is 0.226 e. The summed E-state index contributed by atoms with van der Waals surface area (Å²) in [6.45, 7) is 0.570. The molecule has 1 aromatic carbocycles. The fraction of sp³-hybridized carbons (Fsp3) is 0.278. The maximum atomic E-state index is 13.0. The van der Waals surface area contributed by atoms with Crippen molar-refractivity contribution >= 4 is 35.0 Å². The molecule has 140 valence electrons. The van der Waals surface area contributed by atoms with Gasteiger partial charge in [-0.3, -0.25) is 5.10 Å². The zero-order chi connectivity index (χ0) is 18.8. The van der Waals surface area contributed by atoms with Crippen LogP contribution in [0.15, 0.2) is 30.3 Å². The maximum absolute atomic E-state index is 13.0. The third-order valence-electron chi connectivity index (χ3n) is 4.35. The summed E-state index contributed by atoms with van der Waals surface area (Å²) in [7, 11) is 0. The molecular formula is C18H19ClFN7. The molecule has 0 bridgehead atoms. The molecule has 9 heteroatoms. The van der Waals surface area contributed by atoms with Crippen molar-refractivity contribution in [3.8, 4) is 0 Å². The van der Waals surface area contributed by atoms with Crippen molar-refractivity contribution in [2.45, 2.75) is 25.2 Å². The molecule has 2 aromatic heterocycles. The summed E-state index contributed by atoms with van der Waals surface area (Å²) in [6, 6.07) is 8.32. The normalized spacial score (nSPS) is 13.6. The van der Waals surface area contributed by atoms with Crippen molar-refractivity contribution in [2.75, 3.05) is 22.9 Å². The van der Waals surface area contributed by atoms with E-state index in [9.17, 15) is 4.39 Å². The number of rotatable bonds is 7. The highest BCUT2D eigenvalue weighted by Crippen LogP contribution is 2.40. The van der Waals surface area contributed by atoms with Gasteiger partial charge in [0.25, 0.3) is 0 Å². The highest BCUT2D eigenvalue weighted by atomic mass is 35.5. The number of aromatic amines is 1. The van der Waals surface area contributed by atoms with Crippen LogP contribution in [0.2, 0.25) is 5.02 Å². The molecular weight excluding hydrogens is 369 g/mol. The smallest absolute Gasteiger partial charge is 0.226 e. The van der Waals surface area contributed by atoms with Gasteiger partial charge in [0.2, 0.25) is 5.95 Å². The van der Waals surface area contributed by atoms with E-state index in [4.69, 9.17) is 17.3 Å². The zero-order valence-corrected chi connectivity index (χ0v) is 15.2. The van der Waals surface area contributed by atoms with Gasteiger partial charge in [0, 0.05) is 24.2 Å². The predicted molar refractivity (Wildman–Crippen MR) is 104 cm³/mol. The van der Waals surface area contributed by atoms with E-state index in [1.165, 1.54) is 25.0 Å². The minimum atomic E-state index is -0.251. The van der Waals surface area contributed by atoms with Crippen molar-refractivity contribution in [1.82, 2.24) is 20.2 Å². The lowest BCUT2D eigenvalue weighted by molar-refractivity contribution is 0.627. The SMILES string of the molecule is Nc1nc(NCCc2ccc(F)cc2)nc(Nc2cc(C3CC3)[nH]n2)c1Cl. The molecule has 1 aliphatic rings. The number of aromatic nitrogens is 4. The average molecular weight is 388 g/mol. The number of nitrogens with two attached hydrogens (primary N) is 1. The first-order valence-corrected chi connectivity index (χ1v) is 9.10. The zero-order valence-electron chi connectivity index (χ0n) is 14.5. The number of nitrogens with one attached hydrogen (secondary N) is 3. The topological polar surface area (TPSA) is 105 Å². The van der Waals surface area contributed by atoms with Gasteiger partial charge in [-0.15, -0.1) is 0 Å². The predicted octanol–water partition coefficient (Wildman–Crippen LogP) is 3.85. The Bertz CT molecular complexity index is 937. The van der Waals surface area contributed by atoms with Crippen LogP contribution in [0, 0.1) is 5.82 Å². The molecule has 7 nitrogen and oxygen atoms in total. The number of nitrogen functional groups attached to an aromatic ring is 1. The summed E-state index contributed by atoms with van der Waals surface area (Å²) in [5.74, 6) is 1.88. The van der Waals surface area contributed by atoms with E-state index < -0.39 is 0 Å². The summed E-state index contributed by atoms with van der Waals surface area (Å²) in [5, 5.41) is 13.7. The largest absolute Gasteiger partial charge is 0.382 e. The molecule has 1 fully saturated rings. The number of hydrogen-bond acceptors (Lipinski definition) is 6. The van der Waals surface area contributed by atoms with Crippen molar-refractivity contribution in [1.29, 1.82) is 0 Å². The quantitative estimate of drug-likeness (QED) is 0.491. The van der Waals surface area contributed by atoms with Crippen molar-refractivity contribution in [2.24, 2.45) is 0 Å². The molecule has 1 aliphatic carbocycles. The van der Waals surface area contributed by atoms with Crippen LogP contribution in [0.4, 0.5) is 27.8 Å². The number of halogens is 2. The lowest BCUT2D eigenvalue weighted by atomic mass is 10.1. The van der Waals surface area contributed by atoms with E-state index in [0.717, 1.165) is 11.3 Å². The third kappa shape index (κ3) is 4.28. The fourth-order valence-corrected chi connectivity index (χ4v) is 2.85. The molecule has 0 spiro atoms. The molecule has 0 radical (unpaired) electrons. The summed E-state index contributed by atoms with van der Waals surface area (Å²) >= 11 is 6.23. The fourth-order valence-electron chi connectivity index (χ4n) is 2.72. The first-order chi connectivity index (χ1) is 13.1. The minimum Gasteiger partial charge on any atom is -0.382 e. The standard InChI is InChI=1S/C18H19ClFN7/c19-15-16(21)24-18(22-8-7-10-1-5-12(20)6-2-10)25-17(15)23-14-9-13(26-27-14)11-3-4-11/h1-2,5-6,9,11H,3-4,7-8H2,(H5,21,22,23,24,25,26,27). The molecule has 27 heavy (non-hydrogen) atoms. The second kappa shape index (κ2) is 7.40. The number of H-pyrrole nitrogens is 1. The monoisotopic (exact) mass is 387 g/mol. The van der Waals surface area contributed by atoms with Gasteiger partial charge in [0.1, 0.15) is 16.7 Å². The van der Waals surface area contributed by atoms with Crippen LogP contribution >= 0.6 is 11.6 Å². The molecule has 0 amide bonds. The van der Waals surface area contributed by atoms with Crippen LogP contribution in [0.3, 0.4) is 0 Å². The number of hydrogen-bond donors (Lipinski definition) is 4. The average Bonchev–Trinajstić information content (AvgIpc) is 3.40. The van der Waals surface area contributed by atoms with Crippen LogP contribution in [-0.4, -0.2) is 26.7 Å². The summed E-state index contributed by atoms with van der Waals surface area (Å²) in [5.41, 5.74) is 8.02. The minimum absolute atomic E-state index is 0.177. The van der Waals surface area contributed by atoms with Gasteiger partial charge < -0.3 is 16.4 Å². The van der Waals surface area contributed by atoms with Gasteiger partial charge in [0.05, 0.1) is 0 Å². The van der Waals surface area contributed by atoms with Crippen molar-refractivity contribution in [3.63, 3.8) is 0 Å². The Balaban J connectivity index is 1.42. The van der Waals surface area contributed by atoms with Crippen LogP contribution < -0.4 is 16.4 Å². The van der Waals surface area contributed by atoms with E-state index in [-0.39, 0.29) is 16.7 Å². The molecule has 3 aromatic rings. The molecule has 5 N–H and O–H groups in total. The first kappa shape index (κ1) is 17.5. The van der Waals surface area contributed by atoms with E-state index in [1.54, 1.807) is 12.1 Å². The second-order valence-corrected chi connectivity index (χ2v) is 6.88. The Hall–Kier alpha value is -2.87. The van der Waals surface area contributed by atoms with Gasteiger partial charge in [-0.1, -0.05) is 23.7 Å². The van der Waals surface area contributed by atoms with Crippen LogP contribution in [0.25, 0.3) is 0 Å². The molecule has 0 saturated heterocycles. The van der Waals surface area contributed by atoms with Crippen LogP contribution in [-0.2, 0) is 6.42 Å². The van der Waals surface area contributed by atoms with E-state index in [0.29, 0.717) is 36.5 Å². The Labute approximate surface area is 160 Å². The molecule has 1 saturated carbocycles. The van der Waals surface area contributed by atoms with Gasteiger partial charge in [0.15, 0.2) is 11.6 Å². The molecule has 2 heterocycles. The lowest BCUT2D eigenvalue weighted by Crippen LogP contribution is -2.11. The van der Waals surface area contributed by atoms with E-state index in [1.807, 2.05) is 6.07 Å². The molecule has 0 aliphatic heterocycles. The molecule has 0 unspecified atom stereocenters. The molecule has 0 atom stereocenters. The van der Waals surface area contributed by atoms with Crippen LogP contribution in [0.1, 0.15) is 30.0 Å². The number of benzene rings is 1. The third-order valence-corrected chi connectivity index (χ3v) is 4.72. The van der Waals surface area contributed by atoms with Gasteiger partial charge in [-0.05, 0) is 37.0 Å². The Kier molecular flexibility index (Phi) is 4.81. The highest BCUT2D eigenvalue weighted by molar-refractivity contribution is 6.35. The summed E-state index contributed by atoms with van der Waals surface area (Å²) in [6.07, 6.45) is 3.06. The number of anilines is 4. The molecule has 4 rings (SSSR count). The lowest BCUT2D eigenvalue weighted by Gasteiger charge is -2.10. The van der Waals surface area contributed by atoms with Crippen LogP contribution in [0.5, 0.6) is 0 Å². The Morgan fingerprint density at radius 3 is 2.74 bits per heavy atom. The van der Waals surface area contributed by atoms with Crippen molar-refractivity contribution in [3.05, 3.63) is 52.4 Å². The summed E-state index contributed by atoms with van der Waals surface area (Å²) in [4.78, 5) is 8.54. The van der Waals surface area contributed by atoms with E-state index in [2.05, 4.69) is 30.8 Å². The summed E-state index contributed by atoms with van der Waals surface area (Å²) < 4.78 is 13.0. The Morgan fingerprint density at radius 1 is 1.22 bits per heavy atom. The first-order valence-electron chi connectivity index (χ1n) is 8.72. The van der Waals surface area contributed by atoms with Gasteiger partial charge in [-0.25, -0.2) is 4.39 Å². The second-order valence-electron chi connectivity index (χ2n) is 6.51. The van der Waals surface area contributed by atoms with Crippen molar-refractivity contribution < 1.29 is 4.39 Å². The number of nitrogens with zero attached hydrogens (tertiary/aromatic N) is 3. The van der Waals surface area contributed by atoms with E-state index >= 15 is 0 Å².